The lowest BCUT2D eigenvalue weighted by molar-refractivity contribution is -0.153. The zero-order valence-corrected chi connectivity index (χ0v) is 33.0. The average molecular weight is 826 g/mol. The number of hydrogen-bond acceptors (Lipinski definition) is 11. The highest BCUT2D eigenvalue weighted by molar-refractivity contribution is 8.00. The molecule has 2 N–H and O–H groups in total. The maximum absolute atomic E-state index is 14.0. The number of fused-ring (bicyclic) bond motifs is 1. The summed E-state index contributed by atoms with van der Waals surface area (Å²) in [6.45, 7) is -1.26. The van der Waals surface area contributed by atoms with E-state index in [0.717, 1.165) is 22.3 Å². The van der Waals surface area contributed by atoms with Crippen molar-refractivity contribution in [3.05, 3.63) is 160 Å². The van der Waals surface area contributed by atoms with Gasteiger partial charge in [-0.3, -0.25) is 14.5 Å². The summed E-state index contributed by atoms with van der Waals surface area (Å²) in [4.78, 5) is 52.3. The molecule has 57 heavy (non-hydrogen) atoms. The highest BCUT2D eigenvalue weighted by Crippen LogP contribution is 2.42. The number of nitrogens with zero attached hydrogens (tertiary/aromatic N) is 3. The van der Waals surface area contributed by atoms with Crippen LogP contribution in [0.15, 0.2) is 137 Å². The minimum atomic E-state index is -1.02. The van der Waals surface area contributed by atoms with E-state index in [1.165, 1.54) is 28.0 Å². The van der Waals surface area contributed by atoms with Crippen LogP contribution in [0.4, 0.5) is 9.52 Å². The summed E-state index contributed by atoms with van der Waals surface area (Å²) >= 11 is 8.82. The number of thiazole rings is 1. The third kappa shape index (κ3) is 8.24. The Bertz CT molecular complexity index is 2160. The molecule has 15 heteroatoms. The summed E-state index contributed by atoms with van der Waals surface area (Å²) in [6, 6.07) is 35.9. The predicted molar refractivity (Wildman–Crippen MR) is 219 cm³/mol. The van der Waals surface area contributed by atoms with Crippen LogP contribution in [0, 0.1) is 0 Å². The molecular formula is C42H37ClFN5O6S2. The summed E-state index contributed by atoms with van der Waals surface area (Å²) in [6.07, 6.45) is 0. The van der Waals surface area contributed by atoms with Gasteiger partial charge < -0.3 is 24.9 Å². The molecule has 1 saturated heterocycles. The van der Waals surface area contributed by atoms with Crippen molar-refractivity contribution in [1.82, 2.24) is 15.2 Å². The number of β-lactam (4-membered cyclic amide) rings is 1. The Morgan fingerprint density at radius 1 is 0.947 bits per heavy atom. The van der Waals surface area contributed by atoms with Crippen molar-refractivity contribution in [2.45, 2.75) is 23.6 Å². The van der Waals surface area contributed by atoms with Gasteiger partial charge in [0.25, 0.3) is 11.8 Å². The Balaban J connectivity index is 1.12. The van der Waals surface area contributed by atoms with Crippen molar-refractivity contribution in [2.75, 3.05) is 37.3 Å². The van der Waals surface area contributed by atoms with Crippen LogP contribution in [0.25, 0.3) is 0 Å². The Labute approximate surface area is 341 Å². The Morgan fingerprint density at radius 3 is 2.12 bits per heavy atom. The topological polar surface area (TPSA) is 131 Å². The van der Waals surface area contributed by atoms with E-state index in [1.54, 1.807) is 36.8 Å². The molecular weight excluding hydrogens is 789 g/mol. The smallest absolute Gasteiger partial charge is 0.355 e. The van der Waals surface area contributed by atoms with E-state index < -0.39 is 48.0 Å². The first-order valence-electron chi connectivity index (χ1n) is 17.9. The number of anilines is 1. The molecule has 11 nitrogen and oxygen atoms in total. The average Bonchev–Trinajstić information content (AvgIpc) is 3.73. The van der Waals surface area contributed by atoms with Gasteiger partial charge in [0.05, 0.1) is 7.11 Å². The summed E-state index contributed by atoms with van der Waals surface area (Å²) in [5.74, 6) is -0.981. The van der Waals surface area contributed by atoms with Gasteiger partial charge in [-0.15, -0.1) is 34.7 Å². The molecule has 1 aromatic heterocycles. The van der Waals surface area contributed by atoms with E-state index in [9.17, 15) is 18.8 Å². The van der Waals surface area contributed by atoms with E-state index in [1.807, 2.05) is 91.0 Å². The normalized spacial score (nSPS) is 16.6. The number of ether oxygens (including phenoxy) is 2. The minimum absolute atomic E-state index is 0.0104. The van der Waals surface area contributed by atoms with Gasteiger partial charge in [-0.25, -0.2) is 14.2 Å². The van der Waals surface area contributed by atoms with Crippen LogP contribution < -0.4 is 15.4 Å². The summed E-state index contributed by atoms with van der Waals surface area (Å²) in [5, 5.41) is 11.9. The molecule has 0 radical (unpaired) electrons. The number of benzene rings is 4. The van der Waals surface area contributed by atoms with Gasteiger partial charge in [0.1, 0.15) is 54.0 Å². The Kier molecular flexibility index (Phi) is 12.5. The number of thioether (sulfide) groups is 1. The molecule has 2 aliphatic rings. The molecule has 292 valence electrons. The fourth-order valence-electron chi connectivity index (χ4n) is 6.65. The lowest BCUT2D eigenvalue weighted by atomic mass is 9.77. The monoisotopic (exact) mass is 825 g/mol. The number of rotatable bonds is 16. The molecule has 4 aromatic carbocycles. The third-order valence-electron chi connectivity index (χ3n) is 9.42. The number of carbonyl (C=O) groups is 3. The quantitative estimate of drug-likeness (QED) is 0.0208. The molecule has 0 unspecified atom stereocenters. The maximum Gasteiger partial charge on any atom is 0.355 e. The van der Waals surface area contributed by atoms with Crippen LogP contribution in [0.2, 0.25) is 0 Å². The van der Waals surface area contributed by atoms with E-state index in [2.05, 4.69) is 15.8 Å². The Hall–Kier alpha value is -5.70. The Morgan fingerprint density at radius 2 is 1.56 bits per heavy atom. The summed E-state index contributed by atoms with van der Waals surface area (Å²) in [7, 11) is 1.56. The van der Waals surface area contributed by atoms with E-state index >= 15 is 0 Å². The van der Waals surface area contributed by atoms with E-state index in [-0.39, 0.29) is 29.6 Å². The molecule has 0 saturated carbocycles. The van der Waals surface area contributed by atoms with Gasteiger partial charge in [-0.2, -0.15) is 0 Å². The number of nitrogens with one attached hydrogen (secondary N) is 2. The van der Waals surface area contributed by atoms with Crippen LogP contribution >= 0.6 is 34.7 Å². The van der Waals surface area contributed by atoms with Gasteiger partial charge in [0.15, 0.2) is 10.8 Å². The highest BCUT2D eigenvalue weighted by Gasteiger charge is 2.54. The zero-order chi connectivity index (χ0) is 39.8. The number of carbonyl (C=O) groups excluding carboxylic acids is 3. The first-order valence-corrected chi connectivity index (χ1v) is 20.3. The SMILES string of the molecule is COc1ccc(COC(=O)C2=C(CCl)CS[C@@H]3[C@H](NC(=O)/C(=N\OCCF)c4csc(NC(c5ccccc5)(c5ccccc5)c5ccccc5)n4)C(=O)N23)cc1. The third-order valence-corrected chi connectivity index (χ3v) is 11.8. The standard InChI is InChI=1S/C42H37ClFN5O6S2/c1-53-32-19-17-27(18-20-32)24-54-40(52)36-28(23-43)25-56-39-35(38(51)49(36)39)46-37(50)34(48-55-22-21-44)33-26-57-41(45-33)47-42(29-11-5-2-6-12-29,30-13-7-3-8-14-30)31-15-9-4-10-16-31/h2-20,26,35,39H,21-25H2,1H3,(H,45,47)(H,46,50)/b48-34-/t35-,39-/m1/s1. The molecule has 0 spiro atoms. The number of methoxy groups -OCH3 is 1. The fraction of sp³-hybridized carbons (Fsp3) is 0.214. The number of amides is 2. The van der Waals surface area contributed by atoms with Crippen LogP contribution in [0.1, 0.15) is 27.9 Å². The molecule has 0 aliphatic carbocycles. The summed E-state index contributed by atoms with van der Waals surface area (Å²) in [5.41, 5.74) is 3.18. The highest BCUT2D eigenvalue weighted by atomic mass is 35.5. The van der Waals surface area contributed by atoms with Crippen molar-refractivity contribution in [2.24, 2.45) is 5.16 Å². The first kappa shape index (κ1) is 39.5. The molecule has 0 bridgehead atoms. The van der Waals surface area contributed by atoms with E-state index in [0.29, 0.717) is 22.2 Å². The molecule has 2 amide bonds. The number of hydrogen-bond donors (Lipinski definition) is 2. The van der Waals surface area contributed by atoms with Gasteiger partial charge in [-0.05, 0) is 40.0 Å². The van der Waals surface area contributed by atoms with Crippen LogP contribution in [-0.4, -0.2) is 76.8 Å². The van der Waals surface area contributed by atoms with Crippen molar-refractivity contribution >= 4 is 63.3 Å². The van der Waals surface area contributed by atoms with Crippen molar-refractivity contribution in [3.8, 4) is 5.75 Å². The van der Waals surface area contributed by atoms with Crippen molar-refractivity contribution < 1.29 is 33.1 Å². The molecule has 3 heterocycles. The van der Waals surface area contributed by atoms with Crippen LogP contribution in [0.5, 0.6) is 5.75 Å². The maximum atomic E-state index is 14.0. The second kappa shape index (κ2) is 18.0. The minimum Gasteiger partial charge on any atom is -0.497 e. The van der Waals surface area contributed by atoms with Gasteiger partial charge >= 0.3 is 5.97 Å². The van der Waals surface area contributed by atoms with Crippen LogP contribution in [0.3, 0.4) is 0 Å². The lowest BCUT2D eigenvalue weighted by Crippen LogP contribution is -2.71. The number of esters is 1. The lowest BCUT2D eigenvalue weighted by Gasteiger charge is -2.49. The number of halogens is 2. The van der Waals surface area contributed by atoms with Gasteiger partial charge in [0, 0.05) is 17.0 Å². The molecule has 1 fully saturated rings. The second-order valence-corrected chi connectivity index (χ2v) is 15.1. The predicted octanol–water partition coefficient (Wildman–Crippen LogP) is 6.88. The molecule has 2 aliphatic heterocycles. The zero-order valence-electron chi connectivity index (χ0n) is 30.6. The second-order valence-electron chi connectivity index (χ2n) is 12.8. The number of oxime groups is 1. The molecule has 2 atom stereocenters. The molecule has 7 rings (SSSR count). The van der Waals surface area contributed by atoms with Crippen molar-refractivity contribution in [1.29, 1.82) is 0 Å². The largest absolute Gasteiger partial charge is 0.497 e. The number of aromatic nitrogens is 1. The van der Waals surface area contributed by atoms with Gasteiger partial charge in [0.2, 0.25) is 0 Å². The fourth-order valence-corrected chi connectivity index (χ4v) is 9.08. The first-order chi connectivity index (χ1) is 27.9. The summed E-state index contributed by atoms with van der Waals surface area (Å²) < 4.78 is 23.9. The van der Waals surface area contributed by atoms with Gasteiger partial charge in [-0.1, -0.05) is 108 Å². The van der Waals surface area contributed by atoms with Crippen molar-refractivity contribution in [3.63, 3.8) is 0 Å². The molecule has 5 aromatic rings. The van der Waals surface area contributed by atoms with E-state index in [4.69, 9.17) is 30.9 Å². The van der Waals surface area contributed by atoms with Crippen LogP contribution in [-0.2, 0) is 36.1 Å². The number of alkyl halides is 2.